The Kier molecular flexibility index (Phi) is 2.93. The molecule has 0 aliphatic rings. The lowest BCUT2D eigenvalue weighted by atomic mass is 10.2. The van der Waals surface area contributed by atoms with Gasteiger partial charge in [-0.15, -0.1) is 0 Å². The molecule has 17 heavy (non-hydrogen) atoms. The van der Waals surface area contributed by atoms with Crippen LogP contribution in [0.5, 0.6) is 0 Å². The van der Waals surface area contributed by atoms with Crippen LogP contribution in [0.2, 0.25) is 0 Å². The van der Waals surface area contributed by atoms with Crippen LogP contribution in [0.25, 0.3) is 11.4 Å². The van der Waals surface area contributed by atoms with E-state index in [-0.39, 0.29) is 4.90 Å². The summed E-state index contributed by atoms with van der Waals surface area (Å²) < 4.78 is 22.9. The summed E-state index contributed by atoms with van der Waals surface area (Å²) >= 11 is 0. The molecule has 0 saturated carbocycles. The van der Waals surface area contributed by atoms with Crippen LogP contribution < -0.4 is 0 Å². The highest BCUT2D eigenvalue weighted by Crippen LogP contribution is 2.19. The van der Waals surface area contributed by atoms with E-state index in [2.05, 4.69) is 9.97 Å². The van der Waals surface area contributed by atoms with E-state index in [1.807, 2.05) is 6.92 Å². The summed E-state index contributed by atoms with van der Waals surface area (Å²) in [6, 6.07) is 8.43. The first-order valence-electron chi connectivity index (χ1n) is 5.07. The van der Waals surface area contributed by atoms with Gasteiger partial charge in [-0.3, -0.25) is 0 Å². The molecule has 0 bridgehead atoms. The number of nitrogens with zero attached hydrogens (tertiary/aromatic N) is 2. The third-order valence-electron chi connectivity index (χ3n) is 2.32. The van der Waals surface area contributed by atoms with Gasteiger partial charge in [-0.1, -0.05) is 12.1 Å². The van der Waals surface area contributed by atoms with Gasteiger partial charge in [-0.2, -0.15) is 0 Å². The zero-order valence-corrected chi connectivity index (χ0v) is 10.4. The predicted octanol–water partition coefficient (Wildman–Crippen LogP) is 1.86. The standard InChI is InChI=1S/C12H12N2O2S/c1-9-6-7-13-12(14-9)10-4-3-5-11(8-10)17(2,15)16/h3-8H,1-2H3. The SMILES string of the molecule is Cc1ccnc(-c2cccc(S(C)(=O)=O)c2)n1. The minimum absolute atomic E-state index is 0.278. The molecule has 0 atom stereocenters. The van der Waals surface area contributed by atoms with Crippen molar-refractivity contribution in [2.75, 3.05) is 6.26 Å². The van der Waals surface area contributed by atoms with Crippen LogP contribution in [-0.2, 0) is 9.84 Å². The minimum atomic E-state index is -3.20. The van der Waals surface area contributed by atoms with E-state index >= 15 is 0 Å². The number of aromatic nitrogens is 2. The fraction of sp³-hybridized carbons (Fsp3) is 0.167. The van der Waals surface area contributed by atoms with Crippen LogP contribution in [0.3, 0.4) is 0 Å². The smallest absolute Gasteiger partial charge is 0.175 e. The first-order chi connectivity index (χ1) is 7.97. The molecule has 0 fully saturated rings. The Hall–Kier alpha value is -1.75. The predicted molar refractivity (Wildman–Crippen MR) is 65.3 cm³/mol. The molecule has 1 aromatic carbocycles. The molecule has 1 aromatic heterocycles. The van der Waals surface area contributed by atoms with E-state index in [0.717, 1.165) is 5.69 Å². The molecule has 2 rings (SSSR count). The lowest BCUT2D eigenvalue weighted by Crippen LogP contribution is -1.98. The quantitative estimate of drug-likeness (QED) is 0.813. The number of rotatable bonds is 2. The molecule has 0 aliphatic heterocycles. The van der Waals surface area contributed by atoms with Gasteiger partial charge < -0.3 is 0 Å². The average molecular weight is 248 g/mol. The van der Waals surface area contributed by atoms with Crippen molar-refractivity contribution in [3.05, 3.63) is 42.2 Å². The fourth-order valence-corrected chi connectivity index (χ4v) is 2.12. The van der Waals surface area contributed by atoms with E-state index < -0.39 is 9.84 Å². The second kappa shape index (κ2) is 4.25. The minimum Gasteiger partial charge on any atom is -0.237 e. The second-order valence-electron chi connectivity index (χ2n) is 3.82. The highest BCUT2D eigenvalue weighted by Gasteiger charge is 2.09. The van der Waals surface area contributed by atoms with Gasteiger partial charge in [0.2, 0.25) is 0 Å². The van der Waals surface area contributed by atoms with Crippen molar-refractivity contribution in [1.29, 1.82) is 0 Å². The van der Waals surface area contributed by atoms with Gasteiger partial charge in [-0.25, -0.2) is 18.4 Å². The molecule has 0 amide bonds. The van der Waals surface area contributed by atoms with Crippen LogP contribution in [0.1, 0.15) is 5.69 Å². The first kappa shape index (κ1) is 11.7. The molecule has 0 radical (unpaired) electrons. The van der Waals surface area contributed by atoms with Gasteiger partial charge >= 0.3 is 0 Å². The van der Waals surface area contributed by atoms with Crippen LogP contribution in [0.15, 0.2) is 41.4 Å². The lowest BCUT2D eigenvalue weighted by molar-refractivity contribution is 0.602. The summed E-state index contributed by atoms with van der Waals surface area (Å²) in [5.74, 6) is 0.538. The molecule has 5 heteroatoms. The molecular formula is C12H12N2O2S. The van der Waals surface area contributed by atoms with E-state index in [1.165, 1.54) is 6.26 Å². The third-order valence-corrected chi connectivity index (χ3v) is 3.43. The Bertz CT molecular complexity index is 651. The van der Waals surface area contributed by atoms with Crippen LogP contribution in [0, 0.1) is 6.92 Å². The monoisotopic (exact) mass is 248 g/mol. The second-order valence-corrected chi connectivity index (χ2v) is 5.84. The molecule has 0 N–H and O–H groups in total. The Morgan fingerprint density at radius 2 is 1.94 bits per heavy atom. The van der Waals surface area contributed by atoms with Gasteiger partial charge in [0.1, 0.15) is 0 Å². The van der Waals surface area contributed by atoms with E-state index in [9.17, 15) is 8.42 Å². The third kappa shape index (κ3) is 2.68. The van der Waals surface area contributed by atoms with Crippen molar-refractivity contribution in [3.63, 3.8) is 0 Å². The van der Waals surface area contributed by atoms with Gasteiger partial charge in [0.05, 0.1) is 4.90 Å². The Balaban J connectivity index is 2.54. The van der Waals surface area contributed by atoms with Gasteiger partial charge in [-0.05, 0) is 25.1 Å². The van der Waals surface area contributed by atoms with Crippen LogP contribution >= 0.6 is 0 Å². The summed E-state index contributed by atoms with van der Waals surface area (Å²) in [4.78, 5) is 8.67. The molecule has 2 aromatic rings. The zero-order valence-electron chi connectivity index (χ0n) is 9.58. The molecule has 1 heterocycles. The Morgan fingerprint density at radius 1 is 1.18 bits per heavy atom. The van der Waals surface area contributed by atoms with Crippen molar-refractivity contribution < 1.29 is 8.42 Å². The van der Waals surface area contributed by atoms with Crippen molar-refractivity contribution >= 4 is 9.84 Å². The highest BCUT2D eigenvalue weighted by atomic mass is 32.2. The molecule has 88 valence electrons. The van der Waals surface area contributed by atoms with Crippen molar-refractivity contribution in [1.82, 2.24) is 9.97 Å². The number of benzene rings is 1. The molecule has 0 unspecified atom stereocenters. The summed E-state index contributed by atoms with van der Waals surface area (Å²) in [5.41, 5.74) is 1.55. The average Bonchev–Trinajstić information content (AvgIpc) is 2.28. The Labute approximate surface area is 100 Å². The molecule has 0 aliphatic carbocycles. The number of hydrogen-bond donors (Lipinski definition) is 0. The topological polar surface area (TPSA) is 59.9 Å². The number of aryl methyl sites for hydroxylation is 1. The number of hydrogen-bond acceptors (Lipinski definition) is 4. The normalized spacial score (nSPS) is 11.4. The molecule has 0 saturated heterocycles. The van der Waals surface area contributed by atoms with Crippen LogP contribution in [0.4, 0.5) is 0 Å². The van der Waals surface area contributed by atoms with Gasteiger partial charge in [0.15, 0.2) is 15.7 Å². The van der Waals surface area contributed by atoms with Gasteiger partial charge in [0.25, 0.3) is 0 Å². The highest BCUT2D eigenvalue weighted by molar-refractivity contribution is 7.90. The maximum atomic E-state index is 11.4. The largest absolute Gasteiger partial charge is 0.237 e. The van der Waals surface area contributed by atoms with E-state index in [4.69, 9.17) is 0 Å². The summed E-state index contributed by atoms with van der Waals surface area (Å²) in [6.45, 7) is 1.87. The van der Waals surface area contributed by atoms with Crippen molar-refractivity contribution in [2.45, 2.75) is 11.8 Å². The van der Waals surface area contributed by atoms with Crippen molar-refractivity contribution in [3.8, 4) is 11.4 Å². The zero-order chi connectivity index (χ0) is 12.5. The first-order valence-corrected chi connectivity index (χ1v) is 6.96. The van der Waals surface area contributed by atoms with E-state index in [1.54, 1.807) is 36.5 Å². The molecular weight excluding hydrogens is 236 g/mol. The maximum Gasteiger partial charge on any atom is 0.175 e. The van der Waals surface area contributed by atoms with Gasteiger partial charge in [0, 0.05) is 23.7 Å². The number of sulfone groups is 1. The van der Waals surface area contributed by atoms with E-state index in [0.29, 0.717) is 11.4 Å². The summed E-state index contributed by atoms with van der Waals surface area (Å²) in [5, 5.41) is 0. The maximum absolute atomic E-state index is 11.4. The lowest BCUT2D eigenvalue weighted by Gasteiger charge is -2.03. The summed E-state index contributed by atoms with van der Waals surface area (Å²) in [6.07, 6.45) is 2.84. The Morgan fingerprint density at radius 3 is 2.59 bits per heavy atom. The van der Waals surface area contributed by atoms with Crippen molar-refractivity contribution in [2.24, 2.45) is 0 Å². The fourth-order valence-electron chi connectivity index (χ4n) is 1.45. The van der Waals surface area contributed by atoms with Crippen LogP contribution in [-0.4, -0.2) is 24.6 Å². The summed E-state index contributed by atoms with van der Waals surface area (Å²) in [7, 11) is -3.20. The molecule has 0 spiro atoms. The molecule has 4 nitrogen and oxygen atoms in total.